The molecule has 1 N–H and O–H groups in total. The average Bonchev–Trinajstić information content (AvgIpc) is 2.72. The lowest BCUT2D eigenvalue weighted by Crippen LogP contribution is -2.46. The molecule has 3 rings (SSSR count). The van der Waals surface area contributed by atoms with Crippen molar-refractivity contribution in [3.63, 3.8) is 0 Å². The topological polar surface area (TPSA) is 70.6 Å². The molecule has 0 aromatic carbocycles. The van der Waals surface area contributed by atoms with Gasteiger partial charge in [-0.05, 0) is 24.6 Å². The molecule has 3 heterocycles. The highest BCUT2D eigenvalue weighted by molar-refractivity contribution is 5.94. The van der Waals surface area contributed by atoms with Crippen LogP contribution in [0, 0.1) is 0 Å². The summed E-state index contributed by atoms with van der Waals surface area (Å²) in [6, 6.07) is 7.88. The smallest absolute Gasteiger partial charge is 0.252 e. The Kier molecular flexibility index (Phi) is 6.38. The number of amides is 1. The summed E-state index contributed by atoms with van der Waals surface area (Å²) in [7, 11) is 1.66. The van der Waals surface area contributed by atoms with Crippen LogP contribution in [0.25, 0.3) is 0 Å². The minimum absolute atomic E-state index is 0.0948. The zero-order valence-corrected chi connectivity index (χ0v) is 15.1. The minimum atomic E-state index is -0.0948. The fourth-order valence-corrected chi connectivity index (χ4v) is 2.98. The molecule has 1 fully saturated rings. The van der Waals surface area contributed by atoms with E-state index in [-0.39, 0.29) is 5.91 Å². The summed E-state index contributed by atoms with van der Waals surface area (Å²) in [6.45, 7) is 4.77. The Bertz CT molecular complexity index is 702. The highest BCUT2D eigenvalue weighted by Gasteiger charge is 2.19. The molecule has 2 aromatic rings. The number of carbonyl (C=O) groups is 1. The standard InChI is InChI=1S/C19H25N5O2/c1-26-12-4-7-22-19(25)16-13-17(15-20-14-16)23-8-10-24(11-9-23)18-5-2-3-6-21-18/h2-3,5-6,13-15H,4,7-12H2,1H3,(H,22,25). The number of hydrogen-bond donors (Lipinski definition) is 1. The second-order valence-corrected chi connectivity index (χ2v) is 6.20. The summed E-state index contributed by atoms with van der Waals surface area (Å²) in [5, 5.41) is 2.90. The van der Waals surface area contributed by atoms with Crippen LogP contribution in [0.2, 0.25) is 0 Å². The number of anilines is 2. The second-order valence-electron chi connectivity index (χ2n) is 6.20. The molecule has 0 atom stereocenters. The van der Waals surface area contributed by atoms with Crippen LogP contribution < -0.4 is 15.1 Å². The Labute approximate surface area is 154 Å². The Hall–Kier alpha value is -2.67. The number of aromatic nitrogens is 2. The average molecular weight is 355 g/mol. The molecule has 1 amide bonds. The van der Waals surface area contributed by atoms with E-state index in [0.717, 1.165) is 44.1 Å². The molecule has 0 bridgehead atoms. The highest BCUT2D eigenvalue weighted by atomic mass is 16.5. The maximum atomic E-state index is 12.3. The molecular weight excluding hydrogens is 330 g/mol. The molecule has 1 aliphatic heterocycles. The molecule has 0 saturated carbocycles. The molecule has 0 aliphatic carbocycles. The summed E-state index contributed by atoms with van der Waals surface area (Å²) in [5.41, 5.74) is 1.57. The van der Waals surface area contributed by atoms with Crippen LogP contribution in [0.4, 0.5) is 11.5 Å². The zero-order valence-electron chi connectivity index (χ0n) is 15.1. The van der Waals surface area contributed by atoms with E-state index in [1.807, 2.05) is 36.7 Å². The zero-order chi connectivity index (χ0) is 18.2. The third-order valence-electron chi connectivity index (χ3n) is 4.41. The van der Waals surface area contributed by atoms with E-state index >= 15 is 0 Å². The van der Waals surface area contributed by atoms with Gasteiger partial charge in [-0.1, -0.05) is 6.07 Å². The van der Waals surface area contributed by atoms with Crippen LogP contribution >= 0.6 is 0 Å². The lowest BCUT2D eigenvalue weighted by Gasteiger charge is -2.36. The third kappa shape index (κ3) is 4.70. The van der Waals surface area contributed by atoms with Crippen molar-refractivity contribution in [2.45, 2.75) is 6.42 Å². The highest BCUT2D eigenvalue weighted by Crippen LogP contribution is 2.19. The van der Waals surface area contributed by atoms with Crippen molar-refractivity contribution in [2.24, 2.45) is 0 Å². The van der Waals surface area contributed by atoms with E-state index in [4.69, 9.17) is 4.74 Å². The van der Waals surface area contributed by atoms with Crippen LogP contribution in [0.3, 0.4) is 0 Å². The molecule has 0 radical (unpaired) electrons. The first-order chi connectivity index (χ1) is 12.8. The van der Waals surface area contributed by atoms with E-state index in [0.29, 0.717) is 18.7 Å². The lowest BCUT2D eigenvalue weighted by molar-refractivity contribution is 0.0948. The second kappa shape index (κ2) is 9.15. The number of hydrogen-bond acceptors (Lipinski definition) is 6. The van der Waals surface area contributed by atoms with Crippen LogP contribution in [0.5, 0.6) is 0 Å². The number of rotatable bonds is 7. The van der Waals surface area contributed by atoms with Gasteiger partial charge < -0.3 is 19.9 Å². The summed E-state index contributed by atoms with van der Waals surface area (Å²) in [6.07, 6.45) is 6.04. The quantitative estimate of drug-likeness (QED) is 0.760. The number of ether oxygens (including phenoxy) is 1. The number of nitrogens with zero attached hydrogens (tertiary/aromatic N) is 4. The van der Waals surface area contributed by atoms with Gasteiger partial charge in [-0.15, -0.1) is 0 Å². The number of methoxy groups -OCH3 is 1. The van der Waals surface area contributed by atoms with Crippen LogP contribution in [0.15, 0.2) is 42.9 Å². The van der Waals surface area contributed by atoms with Gasteiger partial charge in [-0.25, -0.2) is 4.98 Å². The molecule has 26 heavy (non-hydrogen) atoms. The first kappa shape index (κ1) is 18.1. The fraction of sp³-hybridized carbons (Fsp3) is 0.421. The summed E-state index contributed by atoms with van der Waals surface area (Å²) in [4.78, 5) is 25.4. The first-order valence-corrected chi connectivity index (χ1v) is 8.91. The van der Waals surface area contributed by atoms with E-state index in [1.165, 1.54) is 0 Å². The predicted octanol–water partition coefficient (Wildman–Crippen LogP) is 1.57. The third-order valence-corrected chi connectivity index (χ3v) is 4.41. The molecule has 1 aliphatic rings. The fourth-order valence-electron chi connectivity index (χ4n) is 2.98. The van der Waals surface area contributed by atoms with Crippen LogP contribution in [0.1, 0.15) is 16.8 Å². The van der Waals surface area contributed by atoms with Crippen molar-refractivity contribution in [3.05, 3.63) is 48.4 Å². The molecule has 138 valence electrons. The SMILES string of the molecule is COCCCNC(=O)c1cncc(N2CCN(c3ccccn3)CC2)c1. The van der Waals surface area contributed by atoms with Gasteiger partial charge in [-0.3, -0.25) is 9.78 Å². The van der Waals surface area contributed by atoms with Crippen molar-refractivity contribution >= 4 is 17.4 Å². The number of piperazine rings is 1. The monoisotopic (exact) mass is 355 g/mol. The molecular formula is C19H25N5O2. The van der Waals surface area contributed by atoms with Gasteiger partial charge >= 0.3 is 0 Å². The number of carbonyl (C=O) groups excluding carboxylic acids is 1. The first-order valence-electron chi connectivity index (χ1n) is 8.91. The van der Waals surface area contributed by atoms with Crippen molar-refractivity contribution in [3.8, 4) is 0 Å². The molecule has 2 aromatic heterocycles. The predicted molar refractivity (Wildman–Crippen MR) is 102 cm³/mol. The van der Waals surface area contributed by atoms with Gasteiger partial charge in [0, 0.05) is 58.8 Å². The lowest BCUT2D eigenvalue weighted by atomic mass is 10.2. The van der Waals surface area contributed by atoms with E-state index in [1.54, 1.807) is 13.3 Å². The van der Waals surface area contributed by atoms with Gasteiger partial charge in [0.15, 0.2) is 0 Å². The van der Waals surface area contributed by atoms with Crippen molar-refractivity contribution in [2.75, 3.05) is 56.2 Å². The number of nitrogens with one attached hydrogen (secondary N) is 1. The largest absolute Gasteiger partial charge is 0.385 e. The normalized spacial score (nSPS) is 14.3. The summed E-state index contributed by atoms with van der Waals surface area (Å²) in [5.74, 6) is 0.914. The van der Waals surface area contributed by atoms with Crippen LogP contribution in [-0.2, 0) is 4.74 Å². The van der Waals surface area contributed by atoms with Crippen molar-refractivity contribution in [1.82, 2.24) is 15.3 Å². The Morgan fingerprint density at radius 3 is 2.73 bits per heavy atom. The molecule has 7 nitrogen and oxygen atoms in total. The van der Waals surface area contributed by atoms with E-state index in [2.05, 4.69) is 25.1 Å². The van der Waals surface area contributed by atoms with Gasteiger partial charge in [0.25, 0.3) is 5.91 Å². The Morgan fingerprint density at radius 1 is 1.19 bits per heavy atom. The molecule has 7 heteroatoms. The summed E-state index contributed by atoms with van der Waals surface area (Å²) < 4.78 is 4.99. The van der Waals surface area contributed by atoms with Gasteiger partial charge in [0.1, 0.15) is 5.82 Å². The van der Waals surface area contributed by atoms with Crippen molar-refractivity contribution in [1.29, 1.82) is 0 Å². The minimum Gasteiger partial charge on any atom is -0.385 e. The molecule has 0 spiro atoms. The summed E-state index contributed by atoms with van der Waals surface area (Å²) >= 11 is 0. The number of pyridine rings is 2. The molecule has 1 saturated heterocycles. The molecule has 0 unspecified atom stereocenters. The van der Waals surface area contributed by atoms with Gasteiger partial charge in [0.2, 0.25) is 0 Å². The van der Waals surface area contributed by atoms with Gasteiger partial charge in [-0.2, -0.15) is 0 Å². The van der Waals surface area contributed by atoms with Crippen molar-refractivity contribution < 1.29 is 9.53 Å². The van der Waals surface area contributed by atoms with E-state index < -0.39 is 0 Å². The van der Waals surface area contributed by atoms with Crippen LogP contribution in [-0.4, -0.2) is 62.3 Å². The maximum Gasteiger partial charge on any atom is 0.252 e. The maximum absolute atomic E-state index is 12.3. The van der Waals surface area contributed by atoms with Gasteiger partial charge in [0.05, 0.1) is 17.4 Å². The Morgan fingerprint density at radius 2 is 2.00 bits per heavy atom. The van der Waals surface area contributed by atoms with E-state index in [9.17, 15) is 4.79 Å². The Balaban J connectivity index is 1.56.